The van der Waals surface area contributed by atoms with E-state index < -0.39 is 0 Å². The molecule has 2 nitrogen and oxygen atoms in total. The second kappa shape index (κ2) is 6.60. The average Bonchev–Trinajstić information content (AvgIpc) is 2.74. The minimum atomic E-state index is 0.386. The van der Waals surface area contributed by atoms with E-state index in [2.05, 4.69) is 50.4 Å². The van der Waals surface area contributed by atoms with Gasteiger partial charge in [-0.05, 0) is 31.0 Å². The van der Waals surface area contributed by atoms with E-state index in [9.17, 15) is 0 Å². The Balaban J connectivity index is 1.87. The summed E-state index contributed by atoms with van der Waals surface area (Å²) in [5, 5.41) is 4.05. The largest absolute Gasteiger partial charge is 0.377 e. The van der Waals surface area contributed by atoms with Gasteiger partial charge in [0.25, 0.3) is 0 Å². The third kappa shape index (κ3) is 4.01. The molecule has 0 spiro atoms. The van der Waals surface area contributed by atoms with E-state index in [1.54, 1.807) is 0 Å². The third-order valence-electron chi connectivity index (χ3n) is 3.23. The van der Waals surface area contributed by atoms with Crippen LogP contribution in [0.4, 0.5) is 0 Å². The van der Waals surface area contributed by atoms with E-state index >= 15 is 0 Å². The molecule has 2 unspecified atom stereocenters. The summed E-state index contributed by atoms with van der Waals surface area (Å²) < 4.78 is 5.60. The molecule has 2 atom stereocenters. The van der Waals surface area contributed by atoms with Gasteiger partial charge >= 0.3 is 0 Å². The first-order valence-corrected chi connectivity index (χ1v) is 7.63. The van der Waals surface area contributed by atoms with Gasteiger partial charge in [0.05, 0.1) is 6.10 Å². The van der Waals surface area contributed by atoms with Crippen molar-refractivity contribution in [2.45, 2.75) is 56.0 Å². The summed E-state index contributed by atoms with van der Waals surface area (Å²) in [5.74, 6) is 0. The van der Waals surface area contributed by atoms with E-state index in [1.165, 1.54) is 16.9 Å². The molecule has 2 rings (SSSR count). The predicted octanol–water partition coefficient (Wildman–Crippen LogP) is 3.45. The Hall–Kier alpha value is -0.510. The van der Waals surface area contributed by atoms with Crippen molar-refractivity contribution in [3.05, 3.63) is 29.8 Å². The van der Waals surface area contributed by atoms with E-state index in [-0.39, 0.29) is 0 Å². The van der Waals surface area contributed by atoms with Crippen LogP contribution in [0, 0.1) is 0 Å². The number of hydrogen-bond acceptors (Lipinski definition) is 3. The SMILES string of the molecule is CC(C)NCc1ccc(SC2CCOC2C)cc1. The fourth-order valence-corrected chi connectivity index (χ4v) is 3.18. The lowest BCUT2D eigenvalue weighted by atomic mass is 10.2. The molecule has 1 aromatic rings. The van der Waals surface area contributed by atoms with Crippen molar-refractivity contribution in [1.29, 1.82) is 0 Å². The van der Waals surface area contributed by atoms with Crippen LogP contribution in [0.3, 0.4) is 0 Å². The molecular weight excluding hydrogens is 242 g/mol. The lowest BCUT2D eigenvalue weighted by Gasteiger charge is -2.14. The zero-order valence-corrected chi connectivity index (χ0v) is 12.3. The number of thioether (sulfide) groups is 1. The molecule has 1 aromatic carbocycles. The van der Waals surface area contributed by atoms with Crippen molar-refractivity contribution >= 4 is 11.8 Å². The lowest BCUT2D eigenvalue weighted by Crippen LogP contribution is -2.21. The molecule has 1 aliphatic heterocycles. The number of ether oxygens (including phenoxy) is 1. The van der Waals surface area contributed by atoms with Crippen LogP contribution in [0.1, 0.15) is 32.8 Å². The third-order valence-corrected chi connectivity index (χ3v) is 4.70. The van der Waals surface area contributed by atoms with Crippen molar-refractivity contribution in [3.8, 4) is 0 Å². The normalized spacial score (nSPS) is 23.8. The standard InChI is InChI=1S/C15H23NOS/c1-11(2)16-10-13-4-6-14(7-5-13)18-15-8-9-17-12(15)3/h4-7,11-12,15-16H,8-10H2,1-3H3. The highest BCUT2D eigenvalue weighted by Crippen LogP contribution is 2.32. The zero-order chi connectivity index (χ0) is 13.0. The molecule has 0 aliphatic carbocycles. The first-order chi connectivity index (χ1) is 8.65. The van der Waals surface area contributed by atoms with Gasteiger partial charge in [0.1, 0.15) is 0 Å². The van der Waals surface area contributed by atoms with Crippen LogP contribution in [0.25, 0.3) is 0 Å². The van der Waals surface area contributed by atoms with Crippen LogP contribution in [0.5, 0.6) is 0 Å². The Bertz CT molecular complexity index is 363. The monoisotopic (exact) mass is 265 g/mol. The van der Waals surface area contributed by atoms with Crippen LogP contribution in [-0.2, 0) is 11.3 Å². The fourth-order valence-electron chi connectivity index (χ4n) is 2.05. The Kier molecular flexibility index (Phi) is 5.10. The summed E-state index contributed by atoms with van der Waals surface area (Å²) in [6, 6.07) is 9.44. The van der Waals surface area contributed by atoms with Crippen molar-refractivity contribution in [2.24, 2.45) is 0 Å². The molecule has 0 radical (unpaired) electrons. The van der Waals surface area contributed by atoms with Crippen LogP contribution in [-0.4, -0.2) is 24.0 Å². The summed E-state index contributed by atoms with van der Waals surface area (Å²) >= 11 is 1.95. The Labute approximate surface area is 114 Å². The van der Waals surface area contributed by atoms with Crippen molar-refractivity contribution in [3.63, 3.8) is 0 Å². The molecule has 0 amide bonds. The van der Waals surface area contributed by atoms with Crippen molar-refractivity contribution in [2.75, 3.05) is 6.61 Å². The van der Waals surface area contributed by atoms with Crippen LogP contribution >= 0.6 is 11.8 Å². The second-order valence-corrected chi connectivity index (χ2v) is 6.51. The van der Waals surface area contributed by atoms with E-state index in [0.29, 0.717) is 17.4 Å². The first kappa shape index (κ1) is 13.9. The Morgan fingerprint density at radius 1 is 1.33 bits per heavy atom. The minimum Gasteiger partial charge on any atom is -0.377 e. The van der Waals surface area contributed by atoms with Gasteiger partial charge in [-0.3, -0.25) is 0 Å². The summed E-state index contributed by atoms with van der Waals surface area (Å²) in [7, 11) is 0. The quantitative estimate of drug-likeness (QED) is 0.881. The van der Waals surface area contributed by atoms with Crippen LogP contribution < -0.4 is 5.32 Å². The van der Waals surface area contributed by atoms with Crippen molar-refractivity contribution in [1.82, 2.24) is 5.32 Å². The number of nitrogens with one attached hydrogen (secondary N) is 1. The summed E-state index contributed by atoms with van der Waals surface area (Å²) in [4.78, 5) is 1.35. The first-order valence-electron chi connectivity index (χ1n) is 6.75. The smallest absolute Gasteiger partial charge is 0.0669 e. The summed E-state index contributed by atoms with van der Waals surface area (Å²) in [6.07, 6.45) is 1.56. The van der Waals surface area contributed by atoms with E-state index in [1.807, 2.05) is 11.8 Å². The fraction of sp³-hybridized carbons (Fsp3) is 0.600. The molecule has 1 fully saturated rings. The zero-order valence-electron chi connectivity index (χ0n) is 11.5. The highest BCUT2D eigenvalue weighted by atomic mass is 32.2. The highest BCUT2D eigenvalue weighted by molar-refractivity contribution is 8.00. The van der Waals surface area contributed by atoms with Gasteiger partial charge in [0.2, 0.25) is 0 Å². The number of rotatable bonds is 5. The molecule has 0 bridgehead atoms. The summed E-state index contributed by atoms with van der Waals surface area (Å²) in [5.41, 5.74) is 1.35. The van der Waals surface area contributed by atoms with Gasteiger partial charge < -0.3 is 10.1 Å². The van der Waals surface area contributed by atoms with Gasteiger partial charge in [-0.15, -0.1) is 11.8 Å². The maximum atomic E-state index is 5.60. The van der Waals surface area contributed by atoms with E-state index in [4.69, 9.17) is 4.74 Å². The number of benzene rings is 1. The molecular formula is C15H23NOS. The second-order valence-electron chi connectivity index (χ2n) is 5.20. The lowest BCUT2D eigenvalue weighted by molar-refractivity contribution is 0.127. The van der Waals surface area contributed by atoms with Gasteiger partial charge in [0, 0.05) is 29.3 Å². The predicted molar refractivity (Wildman–Crippen MR) is 78.1 cm³/mol. The topological polar surface area (TPSA) is 21.3 Å². The van der Waals surface area contributed by atoms with Gasteiger partial charge in [0.15, 0.2) is 0 Å². The highest BCUT2D eigenvalue weighted by Gasteiger charge is 2.24. The van der Waals surface area contributed by atoms with Gasteiger partial charge in [-0.1, -0.05) is 26.0 Å². The molecule has 1 saturated heterocycles. The van der Waals surface area contributed by atoms with Crippen LogP contribution in [0.15, 0.2) is 29.2 Å². The molecule has 1 heterocycles. The Morgan fingerprint density at radius 2 is 2.06 bits per heavy atom. The maximum absolute atomic E-state index is 5.60. The van der Waals surface area contributed by atoms with E-state index in [0.717, 1.165) is 13.2 Å². The molecule has 3 heteroatoms. The summed E-state index contributed by atoms with van der Waals surface area (Å²) in [6.45, 7) is 8.38. The minimum absolute atomic E-state index is 0.386. The maximum Gasteiger partial charge on any atom is 0.0669 e. The van der Waals surface area contributed by atoms with Crippen LogP contribution in [0.2, 0.25) is 0 Å². The van der Waals surface area contributed by atoms with Gasteiger partial charge in [-0.2, -0.15) is 0 Å². The van der Waals surface area contributed by atoms with Crippen molar-refractivity contribution < 1.29 is 4.74 Å². The molecule has 18 heavy (non-hydrogen) atoms. The Morgan fingerprint density at radius 3 is 2.61 bits per heavy atom. The average molecular weight is 265 g/mol. The molecule has 1 aliphatic rings. The van der Waals surface area contributed by atoms with Gasteiger partial charge in [-0.25, -0.2) is 0 Å². The molecule has 100 valence electrons. The molecule has 1 N–H and O–H groups in total. The molecule has 0 saturated carbocycles. The molecule has 0 aromatic heterocycles. The number of hydrogen-bond donors (Lipinski definition) is 1.